The van der Waals surface area contributed by atoms with E-state index in [1.807, 2.05) is 43.9 Å². The molecule has 15 heteroatoms. The summed E-state index contributed by atoms with van der Waals surface area (Å²) in [6.07, 6.45) is 7.41. The number of amides is 3. The molecule has 3 amide bonds. The fraction of sp³-hybridized carbons (Fsp3) is 0.589. The van der Waals surface area contributed by atoms with Crippen LogP contribution in [0.3, 0.4) is 0 Å². The minimum absolute atomic E-state index is 0.0515. The van der Waals surface area contributed by atoms with Crippen LogP contribution in [0.1, 0.15) is 109 Å². The number of esters is 1. The molecule has 1 saturated carbocycles. The molecular formula is C56H73FN8O6. The van der Waals surface area contributed by atoms with Crippen LogP contribution in [0.5, 0.6) is 0 Å². The molecule has 380 valence electrons. The highest BCUT2D eigenvalue weighted by Gasteiger charge is 2.55. The first kappa shape index (κ1) is 49.4. The van der Waals surface area contributed by atoms with Crippen molar-refractivity contribution in [2.24, 2.45) is 22.7 Å². The predicted molar refractivity (Wildman–Crippen MR) is 270 cm³/mol. The van der Waals surface area contributed by atoms with Gasteiger partial charge in [-0.2, -0.15) is 0 Å². The molecule has 3 N–H and O–H groups in total. The van der Waals surface area contributed by atoms with Gasteiger partial charge in [0, 0.05) is 85.8 Å². The smallest absolute Gasteiger partial charge is 0.324 e. The number of benzene rings is 2. The lowest BCUT2D eigenvalue weighted by Crippen LogP contribution is -2.62. The van der Waals surface area contributed by atoms with E-state index < -0.39 is 36.2 Å². The Morgan fingerprint density at radius 3 is 2.55 bits per heavy atom. The normalized spacial score (nSPS) is 26.7. The van der Waals surface area contributed by atoms with E-state index in [0.717, 1.165) is 63.9 Å². The van der Waals surface area contributed by atoms with E-state index in [9.17, 15) is 19.2 Å². The number of halogens is 1. The molecule has 4 saturated heterocycles. The van der Waals surface area contributed by atoms with E-state index in [4.69, 9.17) is 14.5 Å². The number of methoxy groups -OCH3 is 1. The molecule has 1 aliphatic carbocycles. The van der Waals surface area contributed by atoms with Gasteiger partial charge in [0.05, 0.1) is 30.1 Å². The topological polar surface area (TPSA) is 160 Å². The lowest BCUT2D eigenvalue weighted by molar-refractivity contribution is -0.155. The fourth-order valence-corrected chi connectivity index (χ4v) is 12.5. The van der Waals surface area contributed by atoms with Gasteiger partial charge >= 0.3 is 5.97 Å². The Morgan fingerprint density at radius 2 is 1.80 bits per heavy atom. The van der Waals surface area contributed by atoms with Crippen LogP contribution in [-0.2, 0) is 54.7 Å². The Balaban J connectivity index is 0.994. The molecule has 2 unspecified atom stereocenters. The van der Waals surface area contributed by atoms with Gasteiger partial charge in [0.15, 0.2) is 0 Å². The van der Waals surface area contributed by atoms with Crippen LogP contribution in [0.2, 0.25) is 0 Å². The molecule has 2 aromatic carbocycles. The van der Waals surface area contributed by atoms with E-state index in [-0.39, 0.29) is 54.2 Å². The third-order valence-corrected chi connectivity index (χ3v) is 16.4. The van der Waals surface area contributed by atoms with Crippen molar-refractivity contribution < 1.29 is 33.0 Å². The molecule has 6 bridgehead atoms. The van der Waals surface area contributed by atoms with Crippen LogP contribution in [0.15, 0.2) is 54.7 Å². The number of hydrogen-bond donors (Lipinski definition) is 3. The first-order valence-electron chi connectivity index (χ1n) is 26.3. The van der Waals surface area contributed by atoms with Gasteiger partial charge in [0.2, 0.25) is 11.8 Å². The van der Waals surface area contributed by atoms with Crippen molar-refractivity contribution in [3.63, 3.8) is 0 Å². The predicted octanol–water partition coefficient (Wildman–Crippen LogP) is 6.91. The average molecular weight is 973 g/mol. The number of ether oxygens (including phenoxy) is 2. The zero-order valence-corrected chi connectivity index (χ0v) is 42.7. The summed E-state index contributed by atoms with van der Waals surface area (Å²) < 4.78 is 29.4. The molecule has 5 fully saturated rings. The maximum Gasteiger partial charge on any atom is 0.324 e. The Morgan fingerprint density at radius 1 is 1.00 bits per heavy atom. The number of cyclic esters (lactones) is 1. The second kappa shape index (κ2) is 19.7. The number of nitrogens with one attached hydrogen (secondary N) is 3. The summed E-state index contributed by atoms with van der Waals surface area (Å²) in [4.78, 5) is 66.5. The van der Waals surface area contributed by atoms with Crippen LogP contribution in [0, 0.1) is 22.7 Å². The second-order valence-corrected chi connectivity index (χ2v) is 22.7. The molecule has 1 spiro atoms. The quantitative estimate of drug-likeness (QED) is 0.107. The van der Waals surface area contributed by atoms with Crippen LogP contribution in [-0.4, -0.2) is 125 Å². The minimum Gasteiger partial charge on any atom is -0.464 e. The van der Waals surface area contributed by atoms with Crippen molar-refractivity contribution in [2.75, 3.05) is 46.4 Å². The summed E-state index contributed by atoms with van der Waals surface area (Å²) in [7, 11) is 1.69. The molecule has 0 radical (unpaired) electrons. The number of likely N-dealkylation sites (tertiary alicyclic amines) is 2. The molecule has 5 aliphatic heterocycles. The Kier molecular flexibility index (Phi) is 13.7. The number of carbonyl (C=O) groups excluding carboxylic acids is 4. The maximum absolute atomic E-state index is 15.1. The third-order valence-electron chi connectivity index (χ3n) is 16.4. The van der Waals surface area contributed by atoms with Crippen molar-refractivity contribution in [1.82, 2.24) is 40.4 Å². The van der Waals surface area contributed by atoms with Crippen LogP contribution < -0.4 is 16.1 Å². The number of hydrazine groups is 1. The molecule has 7 atom stereocenters. The molecule has 2 aromatic heterocycles. The summed E-state index contributed by atoms with van der Waals surface area (Å²) in [5, 5.41) is 9.16. The molecule has 7 heterocycles. The average Bonchev–Trinajstić information content (AvgIpc) is 4.27. The highest BCUT2D eigenvalue weighted by molar-refractivity contribution is 5.96. The lowest BCUT2D eigenvalue weighted by atomic mass is 9.84. The molecule has 4 aromatic rings. The molecule has 71 heavy (non-hydrogen) atoms. The van der Waals surface area contributed by atoms with Crippen molar-refractivity contribution >= 4 is 34.6 Å². The number of aromatic nitrogens is 2. The number of aryl methyl sites for hydroxylation is 1. The summed E-state index contributed by atoms with van der Waals surface area (Å²) >= 11 is 0. The van der Waals surface area contributed by atoms with Gasteiger partial charge in [-0.25, -0.2) is 9.82 Å². The van der Waals surface area contributed by atoms with Crippen molar-refractivity contribution in [3.05, 3.63) is 77.1 Å². The zero-order valence-electron chi connectivity index (χ0n) is 42.7. The molecule has 6 aliphatic rings. The van der Waals surface area contributed by atoms with Crippen LogP contribution >= 0.6 is 0 Å². The Labute approximate surface area is 417 Å². The van der Waals surface area contributed by atoms with Gasteiger partial charge in [0.25, 0.3) is 5.91 Å². The number of pyridine rings is 1. The molecule has 10 rings (SSSR count). The van der Waals surface area contributed by atoms with Gasteiger partial charge in [-0.15, -0.1) is 0 Å². The number of carbonyl (C=O) groups is 4. The van der Waals surface area contributed by atoms with E-state index in [2.05, 4.69) is 70.6 Å². The summed E-state index contributed by atoms with van der Waals surface area (Å²) in [6.45, 7) is 15.7. The van der Waals surface area contributed by atoms with Crippen molar-refractivity contribution in [1.29, 1.82) is 0 Å². The highest BCUT2D eigenvalue weighted by Crippen LogP contribution is 2.45. The van der Waals surface area contributed by atoms with E-state index in [1.165, 1.54) is 17.9 Å². The SMILES string of the molecule is CCn1c(-c2cccnc2[C@H](C)OC)c2c3cc(ccc31)-c1cc(CF)cc(c1)C[C@H](NC(=O)C(C(C)C)N1CC[C@]3(CCN(C(=O)[C@@H]4NC4C4CC4)C3)C1)C(=O)N1CCC[C@H](N1)C(=O)OCC(C)(C)C2. The van der Waals surface area contributed by atoms with Crippen molar-refractivity contribution in [3.8, 4) is 22.4 Å². The molecule has 14 nitrogen and oxygen atoms in total. The minimum atomic E-state index is -1.04. The Hall–Kier alpha value is -5.22. The zero-order chi connectivity index (χ0) is 49.9. The van der Waals surface area contributed by atoms with Gasteiger partial charge in [-0.3, -0.25) is 39.4 Å². The number of nitrogens with zero attached hydrogens (tertiary/aromatic N) is 5. The standard InChI is InChI=1S/C56H73FN8O6/c1-8-64-45-16-15-38-27-41(45)42(50(64)40-11-9-19-58-46(40)34(4)70-7)28-55(5,6)32-71-54(69)43-12-10-20-65(61-43)52(67)44(26-35-23-36(29-57)25-39(38)24-35)59-51(66)49(33(2)3)62-21-17-56(30-62)18-22-63(31-56)53(68)48-47(60-48)37-13-14-37/h9,11,15-16,19,23-25,27,33-34,37,43-44,47-49,60-61H,8,10,12-14,17-18,20-22,26,28-32H2,1-7H3,(H,59,66)/t34-,43-,44-,47?,48+,49?,56-/m0/s1. The van der Waals surface area contributed by atoms with Crippen LogP contribution in [0.4, 0.5) is 4.39 Å². The van der Waals surface area contributed by atoms with Crippen LogP contribution in [0.25, 0.3) is 33.3 Å². The number of fused-ring (bicyclic) bond motifs is 6. The largest absolute Gasteiger partial charge is 0.464 e. The number of hydrogen-bond acceptors (Lipinski definition) is 10. The maximum atomic E-state index is 15.1. The first-order valence-corrected chi connectivity index (χ1v) is 26.3. The second-order valence-electron chi connectivity index (χ2n) is 22.7. The van der Waals surface area contributed by atoms with Gasteiger partial charge < -0.3 is 24.3 Å². The van der Waals surface area contributed by atoms with E-state index in [0.29, 0.717) is 75.1 Å². The number of rotatable bonds is 11. The Bertz CT molecular complexity index is 2700. The lowest BCUT2D eigenvalue weighted by Gasteiger charge is -2.37. The fourth-order valence-electron chi connectivity index (χ4n) is 12.5. The van der Waals surface area contributed by atoms with Gasteiger partial charge in [0.1, 0.15) is 24.8 Å². The molecular weight excluding hydrogens is 900 g/mol. The van der Waals surface area contributed by atoms with E-state index in [1.54, 1.807) is 19.4 Å². The summed E-state index contributed by atoms with van der Waals surface area (Å²) in [5.41, 5.74) is 10.4. The third kappa shape index (κ3) is 9.88. The monoisotopic (exact) mass is 973 g/mol. The van der Waals surface area contributed by atoms with Gasteiger partial charge in [-0.1, -0.05) is 45.9 Å². The first-order chi connectivity index (χ1) is 34.1. The summed E-state index contributed by atoms with van der Waals surface area (Å²) in [6, 6.07) is 14.0. The summed E-state index contributed by atoms with van der Waals surface area (Å²) in [5.74, 6) is -0.281. The van der Waals surface area contributed by atoms with Crippen molar-refractivity contribution in [2.45, 2.75) is 142 Å². The van der Waals surface area contributed by atoms with E-state index >= 15 is 4.39 Å². The highest BCUT2D eigenvalue weighted by atomic mass is 19.1. The number of alkyl halides is 1. The van der Waals surface area contributed by atoms with Gasteiger partial charge in [-0.05, 0) is 135 Å².